The number of nitrogens with zero attached hydrogens (tertiary/aromatic N) is 1. The van der Waals surface area contributed by atoms with E-state index in [0.717, 1.165) is 59.8 Å². The summed E-state index contributed by atoms with van der Waals surface area (Å²) in [4.78, 5) is 37.2. The highest BCUT2D eigenvalue weighted by Gasteiger charge is 2.31. The van der Waals surface area contributed by atoms with Gasteiger partial charge in [0.05, 0.1) is 16.6 Å². The van der Waals surface area contributed by atoms with Crippen LogP contribution in [0.25, 0.3) is 22.4 Å². The van der Waals surface area contributed by atoms with Crippen LogP contribution >= 0.6 is 0 Å². The zero-order chi connectivity index (χ0) is 27.1. The number of aromatic amines is 2. The lowest BCUT2D eigenvalue weighted by Gasteiger charge is -2.17. The summed E-state index contributed by atoms with van der Waals surface area (Å²) in [7, 11) is 0. The van der Waals surface area contributed by atoms with Crippen molar-refractivity contribution in [1.29, 1.82) is 0 Å². The number of aryl methyl sites for hydroxylation is 2. The van der Waals surface area contributed by atoms with Crippen LogP contribution in [-0.4, -0.2) is 20.7 Å². The second kappa shape index (κ2) is 10.4. The molecular weight excluding hydrogens is 470 g/mol. The van der Waals surface area contributed by atoms with Crippen LogP contribution in [-0.2, 0) is 19.3 Å². The summed E-state index contributed by atoms with van der Waals surface area (Å²) >= 11 is 0. The lowest BCUT2D eigenvalue weighted by Crippen LogP contribution is -2.15. The van der Waals surface area contributed by atoms with Crippen LogP contribution < -0.4 is 5.56 Å². The van der Waals surface area contributed by atoms with Crippen LogP contribution in [0.5, 0.6) is 0 Å². The largest absolute Gasteiger partial charge is 0.338 e. The summed E-state index contributed by atoms with van der Waals surface area (Å²) in [6.07, 6.45) is 6.23. The van der Waals surface area contributed by atoms with E-state index in [0.29, 0.717) is 23.2 Å². The van der Waals surface area contributed by atoms with Crippen molar-refractivity contribution in [3.05, 3.63) is 85.8 Å². The first-order chi connectivity index (χ1) is 18.1. The Morgan fingerprint density at radius 3 is 2.53 bits per heavy atom. The Morgan fingerprint density at radius 2 is 1.76 bits per heavy atom. The quantitative estimate of drug-likeness (QED) is 0.267. The molecule has 2 N–H and O–H groups in total. The monoisotopic (exact) mass is 509 g/mol. The number of pyridine rings is 1. The Balaban J connectivity index is 1.42. The summed E-state index contributed by atoms with van der Waals surface area (Å²) in [5.41, 5.74) is 10.3. The van der Waals surface area contributed by atoms with E-state index in [1.807, 2.05) is 12.1 Å². The molecule has 0 radical (unpaired) electrons. The van der Waals surface area contributed by atoms with E-state index in [1.54, 1.807) is 6.20 Å². The van der Waals surface area contributed by atoms with Crippen LogP contribution in [0.15, 0.2) is 41.3 Å². The minimum absolute atomic E-state index is 0.0734. The van der Waals surface area contributed by atoms with E-state index in [2.05, 4.69) is 69.7 Å². The maximum Gasteiger partial charge on any atom is 0.259 e. The third-order valence-corrected chi connectivity index (χ3v) is 8.24. The number of Topliss-reactive ketones (excluding diaryl/α,β-unsaturated/α-hetero) is 1. The molecule has 5 heteroatoms. The number of fused-ring (bicyclic) bond motifs is 2. The maximum atomic E-state index is 13.1. The number of nitrogens with one attached hydrogen (secondary N) is 2. The minimum atomic E-state index is -0.145. The van der Waals surface area contributed by atoms with Crippen LogP contribution in [0.4, 0.5) is 0 Å². The highest BCUT2D eigenvalue weighted by molar-refractivity contribution is 6.05. The van der Waals surface area contributed by atoms with E-state index >= 15 is 0 Å². The lowest BCUT2D eigenvalue weighted by molar-refractivity contribution is 0.0927. The second-order valence-electron chi connectivity index (χ2n) is 11.9. The average Bonchev–Trinajstić information content (AvgIpc) is 3.39. The number of ketones is 1. The number of hydrogen-bond donors (Lipinski definition) is 2. The molecule has 4 aromatic rings. The molecule has 2 unspecified atom stereocenters. The zero-order valence-electron chi connectivity index (χ0n) is 23.5. The average molecular weight is 510 g/mol. The molecule has 5 nitrogen and oxygen atoms in total. The van der Waals surface area contributed by atoms with Crippen molar-refractivity contribution in [2.45, 2.75) is 73.6 Å². The van der Waals surface area contributed by atoms with Crippen molar-refractivity contribution in [3.63, 3.8) is 0 Å². The maximum absolute atomic E-state index is 13.1. The fourth-order valence-corrected chi connectivity index (χ4v) is 6.08. The first-order valence-electron chi connectivity index (χ1n) is 13.9. The molecule has 1 aliphatic rings. The fourth-order valence-electron chi connectivity index (χ4n) is 6.08. The smallest absolute Gasteiger partial charge is 0.259 e. The predicted octanol–water partition coefficient (Wildman–Crippen LogP) is 7.06. The topological polar surface area (TPSA) is 78.6 Å². The van der Waals surface area contributed by atoms with Crippen molar-refractivity contribution in [2.24, 2.45) is 17.8 Å². The Labute approximate surface area is 225 Å². The third-order valence-electron chi connectivity index (χ3n) is 8.24. The standard InChI is InChI=1S/C33H39N3O2/c1-18(2)7-8-24-15-26-16-28-29(17-27(26)31(24)37)36-32(35-28)30-23(9-10-34-33(30)38)12-20(4)14-25-13-19(3)11-21(5)22(25)6/h9-11,13,16-18,20,24H,7-8,12,14-15H2,1-6H3,(H,34,38)(H,35,36). The molecule has 38 heavy (non-hydrogen) atoms. The number of aromatic nitrogens is 3. The number of hydrogen-bond acceptors (Lipinski definition) is 3. The summed E-state index contributed by atoms with van der Waals surface area (Å²) in [6, 6.07) is 10.5. The van der Waals surface area contributed by atoms with Crippen molar-refractivity contribution in [3.8, 4) is 11.4 Å². The van der Waals surface area contributed by atoms with Gasteiger partial charge in [-0.25, -0.2) is 4.98 Å². The number of benzene rings is 2. The van der Waals surface area contributed by atoms with Gasteiger partial charge in [0.25, 0.3) is 5.56 Å². The summed E-state index contributed by atoms with van der Waals surface area (Å²) in [5.74, 6) is 1.82. The van der Waals surface area contributed by atoms with Gasteiger partial charge in [-0.15, -0.1) is 0 Å². The van der Waals surface area contributed by atoms with Gasteiger partial charge in [-0.1, -0.05) is 44.9 Å². The molecule has 0 saturated heterocycles. The van der Waals surface area contributed by atoms with Crippen LogP contribution in [0.1, 0.15) is 77.4 Å². The SMILES string of the molecule is Cc1cc(C)c(C)c(CC(C)Cc2cc[nH]c(=O)c2-c2nc3cc4c(cc3[nH]2)CC(CCC(C)C)C4=O)c1. The van der Waals surface area contributed by atoms with Gasteiger partial charge in [0.1, 0.15) is 5.82 Å². The molecule has 198 valence electrons. The summed E-state index contributed by atoms with van der Waals surface area (Å²) < 4.78 is 0. The molecule has 0 bridgehead atoms. The molecular formula is C33H39N3O2. The lowest BCUT2D eigenvalue weighted by atomic mass is 9.89. The fraction of sp³-hybridized carbons (Fsp3) is 0.424. The number of carbonyl (C=O) groups is 1. The minimum Gasteiger partial charge on any atom is -0.338 e. The van der Waals surface area contributed by atoms with Gasteiger partial charge in [-0.3, -0.25) is 9.59 Å². The Hall–Kier alpha value is -3.47. The van der Waals surface area contributed by atoms with Gasteiger partial charge in [0.15, 0.2) is 5.78 Å². The molecule has 0 fully saturated rings. The molecule has 0 spiro atoms. The first kappa shape index (κ1) is 26.1. The van der Waals surface area contributed by atoms with Gasteiger partial charge in [0, 0.05) is 17.7 Å². The van der Waals surface area contributed by atoms with Gasteiger partial charge >= 0.3 is 0 Å². The van der Waals surface area contributed by atoms with E-state index < -0.39 is 0 Å². The molecule has 2 aromatic heterocycles. The normalized spacial score (nSPS) is 16.0. The van der Waals surface area contributed by atoms with Crippen molar-refractivity contribution in [2.75, 3.05) is 0 Å². The van der Waals surface area contributed by atoms with E-state index in [-0.39, 0.29) is 17.3 Å². The van der Waals surface area contributed by atoms with Crippen molar-refractivity contribution >= 4 is 16.8 Å². The number of H-pyrrole nitrogens is 2. The van der Waals surface area contributed by atoms with Gasteiger partial charge in [0.2, 0.25) is 0 Å². The highest BCUT2D eigenvalue weighted by atomic mass is 16.1. The van der Waals surface area contributed by atoms with Crippen molar-refractivity contribution in [1.82, 2.24) is 15.0 Å². The van der Waals surface area contributed by atoms with Gasteiger partial charge < -0.3 is 9.97 Å². The molecule has 0 saturated carbocycles. The molecule has 5 rings (SSSR count). The first-order valence-corrected chi connectivity index (χ1v) is 13.9. The van der Waals surface area contributed by atoms with Gasteiger partial charge in [-0.2, -0.15) is 0 Å². The molecule has 2 aromatic carbocycles. The molecule has 1 aliphatic carbocycles. The highest BCUT2D eigenvalue weighted by Crippen LogP contribution is 2.34. The zero-order valence-corrected chi connectivity index (χ0v) is 23.5. The number of carbonyl (C=O) groups excluding carboxylic acids is 1. The van der Waals surface area contributed by atoms with Crippen LogP contribution in [0.3, 0.4) is 0 Å². The van der Waals surface area contributed by atoms with Gasteiger partial charge in [-0.05, 0) is 104 Å². The van der Waals surface area contributed by atoms with Crippen LogP contribution in [0, 0.1) is 38.5 Å². The van der Waals surface area contributed by atoms with E-state index in [4.69, 9.17) is 4.98 Å². The van der Waals surface area contributed by atoms with E-state index in [1.165, 1.54) is 22.3 Å². The molecule has 2 atom stereocenters. The predicted molar refractivity (Wildman–Crippen MR) is 155 cm³/mol. The number of imidazole rings is 1. The Bertz CT molecular complexity index is 1570. The van der Waals surface area contributed by atoms with E-state index in [9.17, 15) is 9.59 Å². The Morgan fingerprint density at radius 1 is 1.00 bits per heavy atom. The second-order valence-corrected chi connectivity index (χ2v) is 11.9. The summed E-state index contributed by atoms with van der Waals surface area (Å²) in [5, 5.41) is 0. The Kier molecular flexibility index (Phi) is 7.13. The molecule has 2 heterocycles. The third kappa shape index (κ3) is 5.11. The van der Waals surface area contributed by atoms with Crippen LogP contribution in [0.2, 0.25) is 0 Å². The number of rotatable bonds is 8. The van der Waals surface area contributed by atoms with Crippen molar-refractivity contribution < 1.29 is 4.79 Å². The summed E-state index contributed by atoms with van der Waals surface area (Å²) in [6.45, 7) is 13.2. The molecule has 0 aliphatic heterocycles. The molecule has 0 amide bonds.